The third kappa shape index (κ3) is 3.35. The summed E-state index contributed by atoms with van der Waals surface area (Å²) in [6.07, 6.45) is 1.91. The van der Waals surface area contributed by atoms with Crippen LogP contribution >= 0.6 is 12.4 Å². The largest absolute Gasteiger partial charge is 0.373 e. The number of allylic oxidation sites excluding steroid dienone is 1. The molecule has 120 valence electrons. The molecular formula is C17H23ClN2O2. The summed E-state index contributed by atoms with van der Waals surface area (Å²) in [5.74, 6) is 0.0951. The van der Waals surface area contributed by atoms with Gasteiger partial charge in [-0.3, -0.25) is 4.79 Å². The van der Waals surface area contributed by atoms with Crippen molar-refractivity contribution in [2.45, 2.75) is 26.0 Å². The molecule has 2 aliphatic rings. The minimum Gasteiger partial charge on any atom is -0.373 e. The molecule has 2 atom stereocenters. The van der Waals surface area contributed by atoms with Gasteiger partial charge in [0.05, 0.1) is 18.8 Å². The van der Waals surface area contributed by atoms with Crippen LogP contribution in [0, 0.1) is 6.92 Å². The molecule has 1 N–H and O–H groups in total. The average Bonchev–Trinajstić information content (AvgIpc) is 2.95. The van der Waals surface area contributed by atoms with Crippen molar-refractivity contribution in [2.75, 3.05) is 26.2 Å². The Balaban J connectivity index is 0.00000176. The lowest BCUT2D eigenvalue weighted by Gasteiger charge is -2.36. The Morgan fingerprint density at radius 2 is 2.14 bits per heavy atom. The Hall–Kier alpha value is -1.36. The molecule has 2 aliphatic heterocycles. The zero-order valence-electron chi connectivity index (χ0n) is 13.0. The highest BCUT2D eigenvalue weighted by atomic mass is 35.5. The van der Waals surface area contributed by atoms with Crippen LogP contribution in [0.25, 0.3) is 5.57 Å². The quantitative estimate of drug-likeness (QED) is 0.847. The molecule has 2 heterocycles. The second-order valence-electron chi connectivity index (χ2n) is 5.81. The fourth-order valence-corrected chi connectivity index (χ4v) is 3.22. The summed E-state index contributed by atoms with van der Waals surface area (Å²) >= 11 is 0. The Labute approximate surface area is 137 Å². The van der Waals surface area contributed by atoms with Gasteiger partial charge in [-0.15, -0.1) is 12.4 Å². The van der Waals surface area contributed by atoms with E-state index in [4.69, 9.17) is 4.74 Å². The zero-order valence-corrected chi connectivity index (χ0v) is 13.9. The Morgan fingerprint density at radius 1 is 1.36 bits per heavy atom. The molecule has 5 heteroatoms. The minimum atomic E-state index is 0. The van der Waals surface area contributed by atoms with E-state index in [1.165, 1.54) is 5.56 Å². The second-order valence-corrected chi connectivity index (χ2v) is 5.81. The first-order chi connectivity index (χ1) is 10.2. The van der Waals surface area contributed by atoms with Crippen LogP contribution in [-0.4, -0.2) is 49.2 Å². The second kappa shape index (κ2) is 7.27. The lowest BCUT2D eigenvalue weighted by molar-refractivity contribution is -0.137. The highest BCUT2D eigenvalue weighted by Gasteiger charge is 2.37. The average molecular weight is 323 g/mol. The predicted octanol–water partition coefficient (Wildman–Crippen LogP) is 2.02. The SMILES string of the molecule is C/C(=C\C(=O)N1CCO[C@H]2CNC[C@H]21)c1ccccc1C.Cl. The van der Waals surface area contributed by atoms with Gasteiger partial charge >= 0.3 is 0 Å². The molecule has 0 spiro atoms. The van der Waals surface area contributed by atoms with Crippen LogP contribution in [0.15, 0.2) is 30.3 Å². The Morgan fingerprint density at radius 3 is 2.91 bits per heavy atom. The van der Waals surface area contributed by atoms with E-state index in [9.17, 15) is 4.79 Å². The van der Waals surface area contributed by atoms with Gasteiger partial charge in [0, 0.05) is 25.7 Å². The van der Waals surface area contributed by atoms with E-state index in [1.54, 1.807) is 6.08 Å². The molecular weight excluding hydrogens is 300 g/mol. The molecule has 0 radical (unpaired) electrons. The van der Waals surface area contributed by atoms with Gasteiger partial charge in [0.15, 0.2) is 0 Å². The van der Waals surface area contributed by atoms with Gasteiger partial charge in [-0.05, 0) is 30.5 Å². The monoisotopic (exact) mass is 322 g/mol. The van der Waals surface area contributed by atoms with Gasteiger partial charge < -0.3 is 15.0 Å². The number of nitrogens with zero attached hydrogens (tertiary/aromatic N) is 1. The number of nitrogens with one attached hydrogen (secondary N) is 1. The number of ether oxygens (including phenoxy) is 1. The van der Waals surface area contributed by atoms with Gasteiger partial charge in [0.2, 0.25) is 5.91 Å². The lowest BCUT2D eigenvalue weighted by atomic mass is 10.0. The first kappa shape index (κ1) is 17.0. The number of rotatable bonds is 2. The van der Waals surface area contributed by atoms with Crippen molar-refractivity contribution in [3.8, 4) is 0 Å². The van der Waals surface area contributed by atoms with Crippen LogP contribution in [0.4, 0.5) is 0 Å². The number of carbonyl (C=O) groups is 1. The molecule has 22 heavy (non-hydrogen) atoms. The van der Waals surface area contributed by atoms with Crippen LogP contribution in [-0.2, 0) is 9.53 Å². The first-order valence-electron chi connectivity index (χ1n) is 7.54. The highest BCUT2D eigenvalue weighted by Crippen LogP contribution is 2.21. The van der Waals surface area contributed by atoms with Crippen molar-refractivity contribution in [2.24, 2.45) is 0 Å². The van der Waals surface area contributed by atoms with Crippen LogP contribution in [0.2, 0.25) is 0 Å². The van der Waals surface area contributed by atoms with Crippen molar-refractivity contribution < 1.29 is 9.53 Å². The zero-order chi connectivity index (χ0) is 14.8. The molecule has 0 unspecified atom stereocenters. The molecule has 3 rings (SSSR count). The summed E-state index contributed by atoms with van der Waals surface area (Å²) < 4.78 is 5.71. The van der Waals surface area contributed by atoms with E-state index < -0.39 is 0 Å². The molecule has 0 saturated carbocycles. The van der Waals surface area contributed by atoms with Crippen molar-refractivity contribution in [1.82, 2.24) is 10.2 Å². The fourth-order valence-electron chi connectivity index (χ4n) is 3.22. The smallest absolute Gasteiger partial charge is 0.247 e. The summed E-state index contributed by atoms with van der Waals surface area (Å²) in [6.45, 7) is 7.06. The van der Waals surface area contributed by atoms with Crippen LogP contribution in [0.3, 0.4) is 0 Å². The number of amides is 1. The molecule has 1 aromatic rings. The summed E-state index contributed by atoms with van der Waals surface area (Å²) in [5, 5.41) is 3.30. The molecule has 2 fully saturated rings. The first-order valence-corrected chi connectivity index (χ1v) is 7.54. The normalized spacial score (nSPS) is 24.6. The van der Waals surface area contributed by atoms with Crippen LogP contribution in [0.1, 0.15) is 18.1 Å². The van der Waals surface area contributed by atoms with E-state index >= 15 is 0 Å². The van der Waals surface area contributed by atoms with Crippen LogP contribution in [0.5, 0.6) is 0 Å². The standard InChI is InChI=1S/C17H22N2O2.ClH/c1-12-5-3-4-6-14(12)13(2)9-17(20)19-7-8-21-16-11-18-10-15(16)19;/h3-6,9,15-16,18H,7-8,10-11H2,1-2H3;1H/b13-9+;/t15-,16+;/m1./s1. The van der Waals surface area contributed by atoms with Crippen molar-refractivity contribution in [1.29, 1.82) is 0 Å². The number of halogens is 1. The third-order valence-corrected chi connectivity index (χ3v) is 4.39. The molecule has 0 aliphatic carbocycles. The molecule has 1 aromatic carbocycles. The van der Waals surface area contributed by atoms with E-state index in [2.05, 4.69) is 24.4 Å². The topological polar surface area (TPSA) is 41.6 Å². The van der Waals surface area contributed by atoms with E-state index in [0.29, 0.717) is 13.2 Å². The Bertz CT molecular complexity index is 574. The number of hydrogen-bond acceptors (Lipinski definition) is 3. The molecule has 1 amide bonds. The maximum atomic E-state index is 12.6. The third-order valence-electron chi connectivity index (χ3n) is 4.39. The van der Waals surface area contributed by atoms with Crippen molar-refractivity contribution >= 4 is 23.9 Å². The predicted molar refractivity (Wildman–Crippen MR) is 90.2 cm³/mol. The minimum absolute atomic E-state index is 0. The summed E-state index contributed by atoms with van der Waals surface area (Å²) in [4.78, 5) is 14.6. The number of carbonyl (C=O) groups excluding carboxylic acids is 1. The fraction of sp³-hybridized carbons (Fsp3) is 0.471. The van der Waals surface area contributed by atoms with Gasteiger partial charge in [0.1, 0.15) is 0 Å². The number of aryl methyl sites for hydroxylation is 1. The van der Waals surface area contributed by atoms with E-state index in [-0.39, 0.29) is 30.5 Å². The maximum Gasteiger partial charge on any atom is 0.247 e. The summed E-state index contributed by atoms with van der Waals surface area (Å²) in [7, 11) is 0. The summed E-state index contributed by atoms with van der Waals surface area (Å²) in [6, 6.07) is 8.34. The van der Waals surface area contributed by atoms with E-state index in [1.807, 2.05) is 24.0 Å². The molecule has 0 aromatic heterocycles. The van der Waals surface area contributed by atoms with Gasteiger partial charge in [-0.2, -0.15) is 0 Å². The van der Waals surface area contributed by atoms with Gasteiger partial charge in [-0.1, -0.05) is 24.3 Å². The number of morpholine rings is 1. The van der Waals surface area contributed by atoms with Gasteiger partial charge in [0.25, 0.3) is 0 Å². The highest BCUT2D eigenvalue weighted by molar-refractivity contribution is 5.95. The van der Waals surface area contributed by atoms with Crippen LogP contribution < -0.4 is 5.32 Å². The summed E-state index contributed by atoms with van der Waals surface area (Å²) in [5.41, 5.74) is 3.36. The number of hydrogen-bond donors (Lipinski definition) is 1. The number of benzene rings is 1. The van der Waals surface area contributed by atoms with Crippen molar-refractivity contribution in [3.05, 3.63) is 41.5 Å². The number of fused-ring (bicyclic) bond motifs is 1. The lowest BCUT2D eigenvalue weighted by Crippen LogP contribution is -2.52. The van der Waals surface area contributed by atoms with E-state index in [0.717, 1.165) is 24.2 Å². The molecule has 2 saturated heterocycles. The Kier molecular flexibility index (Phi) is 5.62. The van der Waals surface area contributed by atoms with Gasteiger partial charge in [-0.25, -0.2) is 0 Å². The van der Waals surface area contributed by atoms with Crippen molar-refractivity contribution in [3.63, 3.8) is 0 Å². The molecule has 4 nitrogen and oxygen atoms in total. The molecule has 0 bridgehead atoms. The maximum absolute atomic E-state index is 12.6.